The first-order valence-electron chi connectivity index (χ1n) is 10.1. The van der Waals surface area contributed by atoms with Crippen LogP contribution >= 0.6 is 39.1 Å². The summed E-state index contributed by atoms with van der Waals surface area (Å²) in [6.07, 6.45) is 4.56. The number of benzene rings is 1. The highest BCUT2D eigenvalue weighted by Crippen LogP contribution is 2.27. The quantitative estimate of drug-likeness (QED) is 0.248. The molecule has 35 heavy (non-hydrogen) atoms. The lowest BCUT2D eigenvalue weighted by Crippen LogP contribution is -2.23. The molecule has 0 atom stereocenters. The van der Waals surface area contributed by atoms with Crippen molar-refractivity contribution in [2.24, 2.45) is 5.10 Å². The lowest BCUT2D eigenvalue weighted by atomic mass is 10.1. The maximum absolute atomic E-state index is 13.3. The van der Waals surface area contributed by atoms with Crippen molar-refractivity contribution in [3.05, 3.63) is 98.1 Å². The Balaban J connectivity index is 1.63. The van der Waals surface area contributed by atoms with E-state index in [4.69, 9.17) is 23.2 Å². The van der Waals surface area contributed by atoms with Crippen LogP contribution in [0.4, 0.5) is 5.69 Å². The standard InChI is InChI=1S/C23H16BrCl2N7O2/c1-13-9-14(25)10-17(20(13)23(35)31-29-12-15-5-2-3-7-27-15)30-22(34)18-11-19(24)32-33(18)21-16(26)6-4-8-28-21/h2-12H,1H3,(H,30,34)(H,31,35)/b29-12+. The number of pyridine rings is 2. The van der Waals surface area contributed by atoms with Crippen LogP contribution in [-0.4, -0.2) is 37.8 Å². The second kappa shape index (κ2) is 10.8. The van der Waals surface area contributed by atoms with E-state index >= 15 is 0 Å². The minimum atomic E-state index is -0.558. The van der Waals surface area contributed by atoms with Crippen LogP contribution in [-0.2, 0) is 0 Å². The highest BCUT2D eigenvalue weighted by molar-refractivity contribution is 9.10. The molecule has 3 heterocycles. The predicted molar refractivity (Wildman–Crippen MR) is 138 cm³/mol. The van der Waals surface area contributed by atoms with Gasteiger partial charge in [0.25, 0.3) is 11.8 Å². The summed E-state index contributed by atoms with van der Waals surface area (Å²) in [7, 11) is 0. The van der Waals surface area contributed by atoms with Gasteiger partial charge in [0.15, 0.2) is 5.82 Å². The summed E-state index contributed by atoms with van der Waals surface area (Å²) >= 11 is 15.7. The van der Waals surface area contributed by atoms with Crippen LogP contribution in [0.1, 0.15) is 32.1 Å². The zero-order valence-electron chi connectivity index (χ0n) is 18.0. The molecule has 0 spiro atoms. The van der Waals surface area contributed by atoms with Gasteiger partial charge in [-0.05, 0) is 64.8 Å². The van der Waals surface area contributed by atoms with Gasteiger partial charge in [-0.3, -0.25) is 14.6 Å². The molecule has 2 N–H and O–H groups in total. The number of nitrogens with one attached hydrogen (secondary N) is 2. The third kappa shape index (κ3) is 5.73. The molecule has 9 nitrogen and oxygen atoms in total. The molecule has 0 bridgehead atoms. The fourth-order valence-electron chi connectivity index (χ4n) is 3.20. The Hall–Kier alpha value is -3.60. The lowest BCUT2D eigenvalue weighted by Gasteiger charge is -2.14. The molecule has 0 saturated heterocycles. The number of hydrazone groups is 1. The van der Waals surface area contributed by atoms with Crippen LogP contribution in [0.3, 0.4) is 0 Å². The van der Waals surface area contributed by atoms with Crippen molar-refractivity contribution < 1.29 is 9.59 Å². The number of hydrogen-bond donors (Lipinski definition) is 2. The van der Waals surface area contributed by atoms with E-state index in [1.54, 1.807) is 49.5 Å². The summed E-state index contributed by atoms with van der Waals surface area (Å²) in [4.78, 5) is 34.5. The van der Waals surface area contributed by atoms with Crippen LogP contribution in [0.5, 0.6) is 0 Å². The first-order chi connectivity index (χ1) is 16.8. The second-order valence-electron chi connectivity index (χ2n) is 7.13. The number of nitrogens with zero attached hydrogens (tertiary/aromatic N) is 5. The molecule has 176 valence electrons. The summed E-state index contributed by atoms with van der Waals surface area (Å²) in [5.41, 5.74) is 4.09. The van der Waals surface area contributed by atoms with Gasteiger partial charge < -0.3 is 5.32 Å². The molecule has 0 radical (unpaired) electrons. The molecule has 0 aliphatic carbocycles. The van der Waals surface area contributed by atoms with Crippen LogP contribution in [0, 0.1) is 6.92 Å². The first kappa shape index (κ1) is 24.5. The summed E-state index contributed by atoms with van der Waals surface area (Å²) < 4.78 is 1.70. The molecule has 2 amide bonds. The van der Waals surface area contributed by atoms with Crippen molar-refractivity contribution in [3.63, 3.8) is 0 Å². The molecule has 4 aromatic rings. The van der Waals surface area contributed by atoms with Gasteiger partial charge >= 0.3 is 0 Å². The minimum Gasteiger partial charge on any atom is -0.320 e. The predicted octanol–water partition coefficient (Wildman–Crippen LogP) is 5.06. The van der Waals surface area contributed by atoms with Crippen molar-refractivity contribution in [3.8, 4) is 5.82 Å². The third-order valence-corrected chi connectivity index (χ3v) is 5.58. The Morgan fingerprint density at radius 1 is 1.06 bits per heavy atom. The van der Waals surface area contributed by atoms with Crippen molar-refractivity contribution in [2.45, 2.75) is 6.92 Å². The number of aryl methyl sites for hydroxylation is 1. The van der Waals surface area contributed by atoms with E-state index in [1.165, 1.54) is 29.2 Å². The maximum Gasteiger partial charge on any atom is 0.274 e. The summed E-state index contributed by atoms with van der Waals surface area (Å²) in [5.74, 6) is -0.823. The van der Waals surface area contributed by atoms with E-state index in [2.05, 4.69) is 46.8 Å². The Kier molecular flexibility index (Phi) is 7.54. The third-order valence-electron chi connectivity index (χ3n) is 4.68. The highest BCUT2D eigenvalue weighted by atomic mass is 79.9. The molecule has 0 aliphatic rings. The molecule has 4 rings (SSSR count). The van der Waals surface area contributed by atoms with E-state index < -0.39 is 11.8 Å². The average molecular weight is 573 g/mol. The average Bonchev–Trinajstić information content (AvgIpc) is 3.21. The SMILES string of the molecule is Cc1cc(Cl)cc(NC(=O)c2cc(Br)nn2-c2ncccc2Cl)c1C(=O)N/N=C/c1ccccn1. The number of anilines is 1. The topological polar surface area (TPSA) is 114 Å². The van der Waals surface area contributed by atoms with E-state index in [1.807, 2.05) is 0 Å². The maximum atomic E-state index is 13.3. The number of rotatable bonds is 6. The van der Waals surface area contributed by atoms with E-state index in [-0.39, 0.29) is 22.8 Å². The van der Waals surface area contributed by atoms with Crippen LogP contribution in [0.25, 0.3) is 5.82 Å². The zero-order chi connectivity index (χ0) is 24.9. The zero-order valence-corrected chi connectivity index (χ0v) is 21.1. The fraction of sp³-hybridized carbons (Fsp3) is 0.0435. The first-order valence-corrected chi connectivity index (χ1v) is 11.6. The Bertz CT molecular complexity index is 1440. The highest BCUT2D eigenvalue weighted by Gasteiger charge is 2.22. The van der Waals surface area contributed by atoms with Crippen LogP contribution < -0.4 is 10.7 Å². The molecular formula is C23H16BrCl2N7O2. The fourth-order valence-corrected chi connectivity index (χ4v) is 4.05. The van der Waals surface area contributed by atoms with Gasteiger partial charge in [-0.15, -0.1) is 0 Å². The van der Waals surface area contributed by atoms with Gasteiger partial charge in [0.05, 0.1) is 28.2 Å². The van der Waals surface area contributed by atoms with Gasteiger partial charge in [-0.2, -0.15) is 10.2 Å². The Morgan fingerprint density at radius 3 is 2.60 bits per heavy atom. The van der Waals surface area contributed by atoms with Gasteiger partial charge in [0.2, 0.25) is 0 Å². The largest absolute Gasteiger partial charge is 0.320 e. The number of amides is 2. The number of carbonyl (C=O) groups is 2. The smallest absolute Gasteiger partial charge is 0.274 e. The number of hydrogen-bond acceptors (Lipinski definition) is 6. The second-order valence-corrected chi connectivity index (χ2v) is 8.78. The normalized spacial score (nSPS) is 11.0. The van der Waals surface area contributed by atoms with Crippen molar-refractivity contribution in [2.75, 3.05) is 5.32 Å². The van der Waals surface area contributed by atoms with E-state index in [9.17, 15) is 9.59 Å². The van der Waals surface area contributed by atoms with Gasteiger partial charge in [-0.1, -0.05) is 29.3 Å². The Morgan fingerprint density at radius 2 is 1.86 bits per heavy atom. The summed E-state index contributed by atoms with van der Waals surface area (Å²) in [6, 6.07) is 13.2. The van der Waals surface area contributed by atoms with Crippen molar-refractivity contribution in [1.82, 2.24) is 25.2 Å². The molecule has 0 unspecified atom stereocenters. The molecule has 12 heteroatoms. The number of aromatic nitrogens is 4. The van der Waals surface area contributed by atoms with Crippen LogP contribution in [0.2, 0.25) is 10.0 Å². The van der Waals surface area contributed by atoms with Gasteiger partial charge in [-0.25, -0.2) is 15.1 Å². The van der Waals surface area contributed by atoms with Gasteiger partial charge in [0.1, 0.15) is 10.3 Å². The van der Waals surface area contributed by atoms with Gasteiger partial charge in [0, 0.05) is 23.5 Å². The number of halogens is 3. The monoisotopic (exact) mass is 571 g/mol. The molecular weight excluding hydrogens is 557 g/mol. The molecule has 0 saturated carbocycles. The molecule has 0 aliphatic heterocycles. The molecule has 3 aromatic heterocycles. The number of carbonyl (C=O) groups excluding carboxylic acids is 2. The minimum absolute atomic E-state index is 0.134. The summed E-state index contributed by atoms with van der Waals surface area (Å²) in [6.45, 7) is 1.70. The van der Waals surface area contributed by atoms with Crippen molar-refractivity contribution >= 4 is 62.8 Å². The lowest BCUT2D eigenvalue weighted by molar-refractivity contribution is 0.0955. The molecule has 1 aromatic carbocycles. The van der Waals surface area contributed by atoms with E-state index in [0.29, 0.717) is 25.9 Å². The van der Waals surface area contributed by atoms with Crippen LogP contribution in [0.15, 0.2) is 70.6 Å². The van der Waals surface area contributed by atoms with E-state index in [0.717, 1.165) is 0 Å². The summed E-state index contributed by atoms with van der Waals surface area (Å²) in [5, 5.41) is 11.6. The molecule has 0 fully saturated rings. The Labute approximate surface area is 218 Å². The van der Waals surface area contributed by atoms with Crippen molar-refractivity contribution in [1.29, 1.82) is 0 Å².